The van der Waals surface area contributed by atoms with Crippen molar-refractivity contribution in [2.45, 2.75) is 32.2 Å². The van der Waals surface area contributed by atoms with Gasteiger partial charge < -0.3 is 14.4 Å². The zero-order valence-corrected chi connectivity index (χ0v) is 19.5. The molecule has 3 aromatic rings. The molecule has 1 aliphatic carbocycles. The van der Waals surface area contributed by atoms with E-state index in [4.69, 9.17) is 9.47 Å². The van der Waals surface area contributed by atoms with E-state index in [0.29, 0.717) is 5.69 Å². The highest BCUT2D eigenvalue weighted by atomic mass is 16.6. The van der Waals surface area contributed by atoms with Gasteiger partial charge in [-0.1, -0.05) is 24.3 Å². The van der Waals surface area contributed by atoms with E-state index in [0.717, 1.165) is 24.8 Å². The number of hydrogen-bond donors (Lipinski definition) is 0. The van der Waals surface area contributed by atoms with Gasteiger partial charge in [0, 0.05) is 19.2 Å². The van der Waals surface area contributed by atoms with Crippen LogP contribution in [0.5, 0.6) is 5.75 Å². The first-order valence-electron chi connectivity index (χ1n) is 11.4. The quantitative estimate of drug-likeness (QED) is 0.274. The maximum absolute atomic E-state index is 13.0. The van der Waals surface area contributed by atoms with Crippen LogP contribution in [0.15, 0.2) is 54.7 Å². The molecule has 0 spiro atoms. The summed E-state index contributed by atoms with van der Waals surface area (Å²) in [6.07, 6.45) is 4.31. The van der Waals surface area contributed by atoms with E-state index < -0.39 is 10.9 Å². The first-order valence-corrected chi connectivity index (χ1v) is 11.4. The highest BCUT2D eigenvalue weighted by Gasteiger charge is 2.28. The molecule has 1 unspecified atom stereocenters. The molecule has 10 heteroatoms. The summed E-state index contributed by atoms with van der Waals surface area (Å²) in [6.45, 7) is 1.53. The third kappa shape index (κ3) is 5.16. The lowest BCUT2D eigenvalue weighted by molar-refractivity contribution is -0.384. The van der Waals surface area contributed by atoms with Crippen LogP contribution in [-0.4, -0.2) is 51.7 Å². The maximum Gasteiger partial charge on any atom is 0.362 e. The molecule has 1 aromatic heterocycles. The van der Waals surface area contributed by atoms with E-state index >= 15 is 0 Å². The number of amides is 1. The number of rotatable bonds is 8. The van der Waals surface area contributed by atoms with Crippen molar-refractivity contribution in [2.24, 2.45) is 0 Å². The molecule has 0 N–H and O–H groups in total. The minimum atomic E-state index is -0.690. The molecule has 182 valence electrons. The van der Waals surface area contributed by atoms with Gasteiger partial charge in [-0.15, -0.1) is 0 Å². The largest absolute Gasteiger partial charge is 0.480 e. The van der Waals surface area contributed by atoms with Gasteiger partial charge in [0.1, 0.15) is 0 Å². The van der Waals surface area contributed by atoms with E-state index in [1.54, 1.807) is 18.9 Å². The van der Waals surface area contributed by atoms with Crippen LogP contribution in [0.3, 0.4) is 0 Å². The van der Waals surface area contributed by atoms with E-state index in [1.165, 1.54) is 40.7 Å². The summed E-state index contributed by atoms with van der Waals surface area (Å²) < 4.78 is 12.2. The lowest BCUT2D eigenvalue weighted by atomic mass is 9.87. The fraction of sp³-hybridized carbons (Fsp3) is 0.320. The summed E-state index contributed by atoms with van der Waals surface area (Å²) in [5.74, 6) is -0.831. The zero-order chi connectivity index (χ0) is 24.9. The van der Waals surface area contributed by atoms with Crippen LogP contribution >= 0.6 is 0 Å². The minimum Gasteiger partial charge on any atom is -0.480 e. The van der Waals surface area contributed by atoms with Gasteiger partial charge in [0.25, 0.3) is 11.6 Å². The number of hydrogen-bond acceptors (Lipinski definition) is 7. The number of likely N-dealkylation sites (N-methyl/N-ethyl adjacent to an activating group) is 1. The summed E-state index contributed by atoms with van der Waals surface area (Å²) in [5.41, 5.74) is 2.73. The Morgan fingerprint density at radius 1 is 1.20 bits per heavy atom. The lowest BCUT2D eigenvalue weighted by Gasteiger charge is -2.33. The zero-order valence-electron chi connectivity index (χ0n) is 19.5. The fourth-order valence-corrected chi connectivity index (χ4v) is 4.21. The van der Waals surface area contributed by atoms with E-state index in [2.05, 4.69) is 17.2 Å². The highest BCUT2D eigenvalue weighted by molar-refractivity contribution is 5.90. The summed E-state index contributed by atoms with van der Waals surface area (Å²) in [6, 6.07) is 13.8. The van der Waals surface area contributed by atoms with Crippen molar-refractivity contribution in [1.29, 1.82) is 0 Å². The van der Waals surface area contributed by atoms with Crippen molar-refractivity contribution < 1.29 is 24.0 Å². The van der Waals surface area contributed by atoms with Gasteiger partial charge in [-0.25, -0.2) is 9.48 Å². The third-order valence-corrected chi connectivity index (χ3v) is 6.02. The predicted octanol–water partition coefficient (Wildman–Crippen LogP) is 3.87. The maximum atomic E-state index is 13.0. The Hall–Kier alpha value is -4.21. The smallest absolute Gasteiger partial charge is 0.362 e. The fourth-order valence-electron chi connectivity index (χ4n) is 4.21. The molecule has 2 aromatic carbocycles. The number of esters is 1. The molecule has 0 bridgehead atoms. The van der Waals surface area contributed by atoms with Crippen molar-refractivity contribution in [2.75, 3.05) is 20.3 Å². The molecule has 4 rings (SSSR count). The number of non-ortho nitro benzene ring substituents is 1. The van der Waals surface area contributed by atoms with Crippen molar-refractivity contribution in [3.8, 4) is 11.4 Å². The summed E-state index contributed by atoms with van der Waals surface area (Å²) in [5, 5.41) is 15.2. The predicted molar refractivity (Wildman–Crippen MR) is 127 cm³/mol. The van der Waals surface area contributed by atoms with E-state index in [1.807, 2.05) is 12.1 Å². The monoisotopic (exact) mass is 478 g/mol. The second kappa shape index (κ2) is 10.4. The second-order valence-electron chi connectivity index (χ2n) is 8.18. The van der Waals surface area contributed by atoms with Crippen LogP contribution in [-0.2, 0) is 16.0 Å². The molecule has 0 saturated heterocycles. The molecule has 0 radical (unpaired) electrons. The Morgan fingerprint density at radius 3 is 2.66 bits per heavy atom. The first kappa shape index (κ1) is 23.9. The van der Waals surface area contributed by atoms with Crippen molar-refractivity contribution in [3.63, 3.8) is 0 Å². The van der Waals surface area contributed by atoms with E-state index in [-0.39, 0.29) is 42.3 Å². The average Bonchev–Trinajstić information content (AvgIpc) is 3.31. The topological polar surface area (TPSA) is 117 Å². The molecule has 0 fully saturated rings. The van der Waals surface area contributed by atoms with Crippen LogP contribution in [0.4, 0.5) is 5.69 Å². The first-order chi connectivity index (χ1) is 16.9. The highest BCUT2D eigenvalue weighted by Crippen LogP contribution is 2.33. The molecule has 10 nitrogen and oxygen atoms in total. The van der Waals surface area contributed by atoms with Gasteiger partial charge in [0.2, 0.25) is 5.69 Å². The number of fused-ring (bicyclic) bond motifs is 1. The standard InChI is InChI=1S/C25H26N4O6/c1-3-34-25(31)24-22(15-28(26-24)18-11-13-19(14-12-18)29(32)33)35-16-23(30)27(2)21-10-6-8-17-7-4-5-9-20(17)21/h4-5,7,9,11-15,21H,3,6,8,10,16H2,1-2H3. The van der Waals surface area contributed by atoms with Crippen molar-refractivity contribution >= 4 is 17.6 Å². The number of ether oxygens (including phenoxy) is 2. The van der Waals surface area contributed by atoms with Gasteiger partial charge in [0.15, 0.2) is 12.4 Å². The van der Waals surface area contributed by atoms with E-state index in [9.17, 15) is 19.7 Å². The molecule has 1 aliphatic rings. The Labute approximate surface area is 202 Å². The number of carbonyl (C=O) groups is 2. The molecular formula is C25H26N4O6. The Balaban J connectivity index is 1.52. The number of benzene rings is 2. The Bertz CT molecular complexity index is 1240. The number of carbonyl (C=O) groups excluding carboxylic acids is 2. The summed E-state index contributed by atoms with van der Waals surface area (Å²) in [4.78, 5) is 37.6. The van der Waals surface area contributed by atoms with Crippen LogP contribution in [0.25, 0.3) is 5.69 Å². The van der Waals surface area contributed by atoms with Crippen molar-refractivity contribution in [3.05, 3.63) is 81.7 Å². The molecule has 35 heavy (non-hydrogen) atoms. The van der Waals surface area contributed by atoms with Crippen LogP contribution < -0.4 is 4.74 Å². The van der Waals surface area contributed by atoms with Gasteiger partial charge in [0.05, 0.1) is 29.5 Å². The molecule has 0 aliphatic heterocycles. The second-order valence-corrected chi connectivity index (χ2v) is 8.18. The molecule has 1 amide bonds. The molecule has 0 saturated carbocycles. The van der Waals surface area contributed by atoms with Gasteiger partial charge in [-0.05, 0) is 49.4 Å². The number of nitro groups is 1. The number of aryl methyl sites for hydroxylation is 1. The lowest BCUT2D eigenvalue weighted by Crippen LogP contribution is -2.36. The van der Waals surface area contributed by atoms with Crippen LogP contribution in [0.1, 0.15) is 47.4 Å². The number of aromatic nitrogens is 2. The number of nitrogens with zero attached hydrogens (tertiary/aromatic N) is 4. The molecular weight excluding hydrogens is 452 g/mol. The minimum absolute atomic E-state index is 0.0385. The third-order valence-electron chi connectivity index (χ3n) is 6.02. The van der Waals surface area contributed by atoms with Gasteiger partial charge in [-0.2, -0.15) is 5.10 Å². The molecule has 1 heterocycles. The van der Waals surface area contributed by atoms with Crippen LogP contribution in [0.2, 0.25) is 0 Å². The SMILES string of the molecule is CCOC(=O)c1nn(-c2ccc([N+](=O)[O-])cc2)cc1OCC(=O)N(C)C1CCCc2ccccc21. The Kier molecular flexibility index (Phi) is 7.09. The average molecular weight is 479 g/mol. The van der Waals surface area contributed by atoms with Crippen LogP contribution in [0, 0.1) is 10.1 Å². The molecule has 1 atom stereocenters. The van der Waals surface area contributed by atoms with Gasteiger partial charge in [-0.3, -0.25) is 14.9 Å². The van der Waals surface area contributed by atoms with Crippen molar-refractivity contribution in [1.82, 2.24) is 14.7 Å². The Morgan fingerprint density at radius 2 is 1.94 bits per heavy atom. The normalized spacial score (nSPS) is 14.6. The van der Waals surface area contributed by atoms with Gasteiger partial charge >= 0.3 is 5.97 Å². The summed E-state index contributed by atoms with van der Waals surface area (Å²) >= 11 is 0. The number of nitro benzene ring substituents is 1. The summed E-state index contributed by atoms with van der Waals surface area (Å²) in [7, 11) is 1.75.